The predicted molar refractivity (Wildman–Crippen MR) is 105 cm³/mol. The summed E-state index contributed by atoms with van der Waals surface area (Å²) in [6.07, 6.45) is 0. The van der Waals surface area contributed by atoms with Crippen LogP contribution in [0.4, 0.5) is 5.69 Å². The SMILES string of the molecule is CCN(CC)C(CNS(=O)(=O)c1ccc([N+](=O)[O-])cc1OC)c1ccsc1. The van der Waals surface area contributed by atoms with Crippen molar-refractivity contribution >= 4 is 27.0 Å². The number of nitro benzene ring substituents is 1. The molecule has 0 fully saturated rings. The molecule has 1 unspecified atom stereocenters. The number of likely N-dealkylation sites (N-methyl/N-ethyl adjacent to an activating group) is 1. The van der Waals surface area contributed by atoms with Crippen LogP contribution in [0.25, 0.3) is 0 Å². The number of nitrogens with zero attached hydrogens (tertiary/aromatic N) is 2. The van der Waals surface area contributed by atoms with E-state index < -0.39 is 14.9 Å². The van der Waals surface area contributed by atoms with E-state index in [2.05, 4.69) is 9.62 Å². The molecule has 0 saturated heterocycles. The van der Waals surface area contributed by atoms with Crippen molar-refractivity contribution in [3.63, 3.8) is 0 Å². The molecule has 1 aromatic heterocycles. The fraction of sp³-hybridized carbons (Fsp3) is 0.412. The number of nitro groups is 1. The Morgan fingerprint density at radius 2 is 2.00 bits per heavy atom. The number of nitrogens with one attached hydrogen (secondary N) is 1. The van der Waals surface area contributed by atoms with Crippen LogP contribution >= 0.6 is 11.3 Å². The van der Waals surface area contributed by atoms with E-state index in [9.17, 15) is 18.5 Å². The van der Waals surface area contributed by atoms with E-state index in [4.69, 9.17) is 4.74 Å². The van der Waals surface area contributed by atoms with Gasteiger partial charge < -0.3 is 4.74 Å². The van der Waals surface area contributed by atoms with Crippen molar-refractivity contribution in [3.8, 4) is 5.75 Å². The van der Waals surface area contributed by atoms with Crippen LogP contribution in [0.3, 0.4) is 0 Å². The second kappa shape index (κ2) is 9.27. The van der Waals surface area contributed by atoms with Gasteiger partial charge in [-0.05, 0) is 41.5 Å². The van der Waals surface area contributed by atoms with Crippen molar-refractivity contribution in [2.24, 2.45) is 0 Å². The monoisotopic (exact) mass is 413 g/mol. The Kier molecular flexibility index (Phi) is 7.31. The summed E-state index contributed by atoms with van der Waals surface area (Å²) in [5.41, 5.74) is 0.812. The molecule has 0 amide bonds. The van der Waals surface area contributed by atoms with E-state index in [0.717, 1.165) is 30.8 Å². The van der Waals surface area contributed by atoms with E-state index in [1.165, 1.54) is 13.2 Å². The average Bonchev–Trinajstić information content (AvgIpc) is 3.18. The third-order valence-corrected chi connectivity index (χ3v) is 6.46. The van der Waals surface area contributed by atoms with Gasteiger partial charge in [0.15, 0.2) is 0 Å². The summed E-state index contributed by atoms with van der Waals surface area (Å²) in [6.45, 7) is 5.79. The Bertz CT molecular complexity index is 865. The van der Waals surface area contributed by atoms with E-state index >= 15 is 0 Å². The van der Waals surface area contributed by atoms with Crippen LogP contribution in [0.2, 0.25) is 0 Å². The lowest BCUT2D eigenvalue weighted by atomic mass is 10.1. The maximum absolute atomic E-state index is 12.8. The van der Waals surface area contributed by atoms with Crippen LogP contribution in [0.15, 0.2) is 39.9 Å². The Morgan fingerprint density at radius 3 is 2.52 bits per heavy atom. The van der Waals surface area contributed by atoms with Gasteiger partial charge in [0.2, 0.25) is 10.0 Å². The van der Waals surface area contributed by atoms with Crippen molar-refractivity contribution in [3.05, 3.63) is 50.7 Å². The molecule has 0 spiro atoms. The smallest absolute Gasteiger partial charge is 0.273 e. The molecule has 8 nitrogen and oxygen atoms in total. The van der Waals surface area contributed by atoms with Gasteiger partial charge in [0.1, 0.15) is 10.6 Å². The minimum absolute atomic E-state index is 0.0633. The van der Waals surface area contributed by atoms with E-state index in [1.807, 2.05) is 30.7 Å². The summed E-state index contributed by atoms with van der Waals surface area (Å²) in [4.78, 5) is 12.3. The lowest BCUT2D eigenvalue weighted by molar-refractivity contribution is -0.385. The summed E-state index contributed by atoms with van der Waals surface area (Å²) in [7, 11) is -2.62. The van der Waals surface area contributed by atoms with Crippen molar-refractivity contribution in [1.82, 2.24) is 9.62 Å². The lowest BCUT2D eigenvalue weighted by Crippen LogP contribution is -2.38. The van der Waals surface area contributed by atoms with E-state index in [1.54, 1.807) is 11.3 Å². The van der Waals surface area contributed by atoms with Crippen molar-refractivity contribution in [2.75, 3.05) is 26.7 Å². The molecule has 0 bridgehead atoms. The molecule has 0 aliphatic heterocycles. The van der Waals surface area contributed by atoms with Gasteiger partial charge in [-0.3, -0.25) is 15.0 Å². The van der Waals surface area contributed by atoms with Gasteiger partial charge in [0.25, 0.3) is 5.69 Å². The molecule has 0 aliphatic rings. The number of thiophene rings is 1. The number of methoxy groups -OCH3 is 1. The van der Waals surface area contributed by atoms with Gasteiger partial charge in [-0.25, -0.2) is 13.1 Å². The highest BCUT2D eigenvalue weighted by molar-refractivity contribution is 7.89. The maximum atomic E-state index is 12.8. The third-order valence-electron chi connectivity index (χ3n) is 4.30. The van der Waals surface area contributed by atoms with Gasteiger partial charge in [0, 0.05) is 18.7 Å². The summed E-state index contributed by atoms with van der Waals surface area (Å²) < 4.78 is 33.3. The maximum Gasteiger partial charge on any atom is 0.273 e. The molecule has 148 valence electrons. The van der Waals surface area contributed by atoms with Crippen molar-refractivity contribution < 1.29 is 18.1 Å². The van der Waals surface area contributed by atoms with Crippen LogP contribution in [-0.2, 0) is 10.0 Å². The van der Waals surface area contributed by atoms with Crippen LogP contribution in [-0.4, -0.2) is 45.0 Å². The first-order valence-corrected chi connectivity index (χ1v) is 10.8. The number of hydrogen-bond acceptors (Lipinski definition) is 7. The van der Waals surface area contributed by atoms with Gasteiger partial charge in [-0.15, -0.1) is 0 Å². The van der Waals surface area contributed by atoms with Crippen molar-refractivity contribution in [2.45, 2.75) is 24.8 Å². The first-order valence-electron chi connectivity index (χ1n) is 8.42. The molecule has 2 rings (SSSR count). The third kappa shape index (κ3) is 5.04. The summed E-state index contributed by atoms with van der Waals surface area (Å²) in [5, 5.41) is 14.9. The average molecular weight is 414 g/mol. The van der Waals surface area contributed by atoms with Crippen LogP contribution in [0.1, 0.15) is 25.5 Å². The van der Waals surface area contributed by atoms with E-state index in [-0.39, 0.29) is 28.9 Å². The Morgan fingerprint density at radius 1 is 1.30 bits per heavy atom. The number of hydrogen-bond donors (Lipinski definition) is 1. The molecule has 2 aromatic rings. The van der Waals surface area contributed by atoms with Crippen molar-refractivity contribution in [1.29, 1.82) is 0 Å². The Labute approximate surface area is 163 Å². The highest BCUT2D eigenvalue weighted by Crippen LogP contribution is 2.29. The lowest BCUT2D eigenvalue weighted by Gasteiger charge is -2.29. The number of sulfonamides is 1. The second-order valence-corrected chi connectivity index (χ2v) is 8.25. The Balaban J connectivity index is 2.28. The first kappa shape index (κ1) is 21.3. The molecular weight excluding hydrogens is 390 g/mol. The molecule has 0 aliphatic carbocycles. The second-order valence-electron chi connectivity index (χ2n) is 5.74. The molecule has 0 saturated carbocycles. The van der Waals surface area contributed by atoms with E-state index in [0.29, 0.717) is 0 Å². The molecule has 1 atom stereocenters. The fourth-order valence-corrected chi connectivity index (χ4v) is 4.74. The first-order chi connectivity index (χ1) is 12.8. The zero-order valence-electron chi connectivity index (χ0n) is 15.4. The highest BCUT2D eigenvalue weighted by Gasteiger charge is 2.25. The van der Waals surface area contributed by atoms with Gasteiger partial charge in [-0.2, -0.15) is 11.3 Å². The molecule has 27 heavy (non-hydrogen) atoms. The van der Waals surface area contributed by atoms with Crippen LogP contribution in [0.5, 0.6) is 5.75 Å². The van der Waals surface area contributed by atoms with Gasteiger partial charge >= 0.3 is 0 Å². The zero-order valence-corrected chi connectivity index (χ0v) is 17.0. The predicted octanol–water partition coefficient (Wildman–Crippen LogP) is 3.03. The van der Waals surface area contributed by atoms with Gasteiger partial charge in [0.05, 0.1) is 18.1 Å². The quantitative estimate of drug-likeness (QED) is 0.474. The summed E-state index contributed by atoms with van der Waals surface area (Å²) in [6, 6.07) is 5.32. The zero-order chi connectivity index (χ0) is 20.0. The number of ether oxygens (including phenoxy) is 1. The highest BCUT2D eigenvalue weighted by atomic mass is 32.2. The molecule has 1 aromatic carbocycles. The standard InChI is InChI=1S/C17H23N3O5S2/c1-4-19(5-2)15(13-8-9-26-12-13)11-18-27(23,24)17-7-6-14(20(21)22)10-16(17)25-3/h6-10,12,15,18H,4-5,11H2,1-3H3. The molecule has 1 heterocycles. The van der Waals surface area contributed by atoms with Crippen LogP contribution in [0, 0.1) is 10.1 Å². The number of rotatable bonds is 10. The molecule has 0 radical (unpaired) electrons. The summed E-state index contributed by atoms with van der Waals surface area (Å²) in [5.74, 6) is -0.0633. The largest absolute Gasteiger partial charge is 0.495 e. The number of benzene rings is 1. The van der Waals surface area contributed by atoms with Crippen LogP contribution < -0.4 is 9.46 Å². The molecule has 1 N–H and O–H groups in total. The summed E-state index contributed by atoms with van der Waals surface area (Å²) >= 11 is 1.56. The minimum atomic E-state index is -3.90. The Hall–Kier alpha value is -2.01. The normalized spacial score (nSPS) is 12.9. The molecular formula is C17H23N3O5S2. The number of non-ortho nitro benzene ring substituents is 1. The fourth-order valence-electron chi connectivity index (χ4n) is 2.84. The minimum Gasteiger partial charge on any atom is -0.495 e. The topological polar surface area (TPSA) is 102 Å². The molecule has 10 heteroatoms. The van der Waals surface area contributed by atoms with Gasteiger partial charge in [-0.1, -0.05) is 13.8 Å².